The number of hydrogen-bond acceptors (Lipinski definition) is 4. The van der Waals surface area contributed by atoms with Crippen molar-refractivity contribution in [1.82, 2.24) is 4.90 Å². The minimum absolute atomic E-state index is 0.334. The number of carbonyl (C=O) groups excluding carboxylic acids is 3. The van der Waals surface area contributed by atoms with E-state index in [9.17, 15) is 19.5 Å². The summed E-state index contributed by atoms with van der Waals surface area (Å²) in [7, 11) is 0. The van der Waals surface area contributed by atoms with E-state index < -0.39 is 35.1 Å². The van der Waals surface area contributed by atoms with Crippen LogP contribution >= 0.6 is 11.6 Å². The molecule has 0 aromatic heterocycles. The number of halogens is 1. The van der Waals surface area contributed by atoms with E-state index in [1.807, 2.05) is 0 Å². The smallest absolute Gasteiger partial charge is 0.291 e. The van der Waals surface area contributed by atoms with Crippen molar-refractivity contribution in [1.29, 1.82) is 0 Å². The molecule has 27 heavy (non-hydrogen) atoms. The molecule has 1 spiro atoms. The van der Waals surface area contributed by atoms with Crippen LogP contribution in [0.15, 0.2) is 18.2 Å². The number of likely N-dealkylation sites (tertiary alicyclic amines) is 1. The number of hydrogen-bond donors (Lipinski definition) is 3. The van der Waals surface area contributed by atoms with E-state index in [1.165, 1.54) is 4.90 Å². The molecular formula is C19H23ClN3O4+. The van der Waals surface area contributed by atoms with Crippen LogP contribution < -0.4 is 10.6 Å². The van der Waals surface area contributed by atoms with Gasteiger partial charge in [-0.05, 0) is 39.8 Å². The van der Waals surface area contributed by atoms with E-state index in [1.54, 1.807) is 51.2 Å². The van der Waals surface area contributed by atoms with Crippen molar-refractivity contribution in [2.75, 3.05) is 5.32 Å². The Morgan fingerprint density at radius 3 is 2.52 bits per heavy atom. The molecule has 3 heterocycles. The lowest BCUT2D eigenvalue weighted by Crippen LogP contribution is -3.00. The number of anilines is 1. The SMILES string of the molecule is C[C@@H](O)[C@H]1[NH2+][C@]2(C(=O)Nc3c(Cl)cccc32)[C@@H]2C(=O)N(C(C)(C)C)C(=O)[C@H]12. The molecule has 8 heteroatoms. The molecule has 3 amide bonds. The van der Waals surface area contributed by atoms with Crippen molar-refractivity contribution < 1.29 is 24.8 Å². The third-order valence-corrected chi connectivity index (χ3v) is 6.33. The van der Waals surface area contributed by atoms with Gasteiger partial charge in [-0.25, -0.2) is 0 Å². The highest BCUT2D eigenvalue weighted by molar-refractivity contribution is 6.35. The highest BCUT2D eigenvalue weighted by atomic mass is 35.5. The van der Waals surface area contributed by atoms with Gasteiger partial charge in [0.05, 0.1) is 10.7 Å². The minimum Gasteiger partial charge on any atom is -0.387 e. The summed E-state index contributed by atoms with van der Waals surface area (Å²) in [5.74, 6) is -2.74. The number of aliphatic hydroxyl groups is 1. The predicted molar refractivity (Wildman–Crippen MR) is 97.7 cm³/mol. The van der Waals surface area contributed by atoms with Gasteiger partial charge in [0.2, 0.25) is 17.4 Å². The monoisotopic (exact) mass is 392 g/mol. The maximum absolute atomic E-state index is 13.4. The number of aliphatic hydroxyl groups excluding tert-OH is 1. The van der Waals surface area contributed by atoms with Crippen LogP contribution in [-0.4, -0.2) is 45.4 Å². The Hall–Kier alpha value is -1.96. The molecule has 3 aliphatic heterocycles. The van der Waals surface area contributed by atoms with Crippen LogP contribution in [-0.2, 0) is 19.9 Å². The Morgan fingerprint density at radius 1 is 1.26 bits per heavy atom. The molecule has 2 fully saturated rings. The number of nitrogens with one attached hydrogen (secondary N) is 1. The van der Waals surface area contributed by atoms with Gasteiger partial charge in [-0.2, -0.15) is 0 Å². The molecule has 3 aliphatic rings. The molecule has 1 aromatic carbocycles. The second-order valence-electron chi connectivity index (χ2n) is 8.66. The fraction of sp³-hybridized carbons (Fsp3) is 0.526. The number of imide groups is 1. The van der Waals surface area contributed by atoms with Gasteiger partial charge < -0.3 is 15.7 Å². The van der Waals surface area contributed by atoms with Gasteiger partial charge in [-0.1, -0.05) is 17.7 Å². The zero-order valence-electron chi connectivity index (χ0n) is 15.6. The van der Waals surface area contributed by atoms with E-state index in [0.29, 0.717) is 16.3 Å². The van der Waals surface area contributed by atoms with Gasteiger partial charge in [0.1, 0.15) is 24.0 Å². The molecule has 0 bridgehead atoms. The molecule has 4 N–H and O–H groups in total. The number of para-hydroxylation sites is 1. The van der Waals surface area contributed by atoms with Crippen LogP contribution in [0.2, 0.25) is 5.02 Å². The average Bonchev–Trinajstić information content (AvgIpc) is 3.13. The second kappa shape index (κ2) is 5.53. The highest BCUT2D eigenvalue weighted by Crippen LogP contribution is 2.51. The summed E-state index contributed by atoms with van der Waals surface area (Å²) in [5, 5.41) is 15.2. The molecule has 0 aliphatic carbocycles. The fourth-order valence-electron chi connectivity index (χ4n) is 4.98. The van der Waals surface area contributed by atoms with Gasteiger partial charge in [0.25, 0.3) is 5.91 Å². The molecule has 5 atom stereocenters. The molecular weight excluding hydrogens is 370 g/mol. The van der Waals surface area contributed by atoms with Gasteiger partial charge in [-0.15, -0.1) is 0 Å². The Kier molecular flexibility index (Phi) is 3.77. The van der Waals surface area contributed by atoms with Crippen LogP contribution in [0.4, 0.5) is 5.69 Å². The van der Waals surface area contributed by atoms with Crippen molar-refractivity contribution >= 4 is 35.0 Å². The lowest BCUT2D eigenvalue weighted by Gasteiger charge is -2.33. The van der Waals surface area contributed by atoms with Crippen molar-refractivity contribution in [3.63, 3.8) is 0 Å². The molecule has 7 nitrogen and oxygen atoms in total. The summed E-state index contributed by atoms with van der Waals surface area (Å²) in [5.41, 5.74) is -0.955. The fourth-order valence-corrected chi connectivity index (χ4v) is 5.20. The summed E-state index contributed by atoms with van der Waals surface area (Å²) < 4.78 is 0. The molecule has 144 valence electrons. The zero-order chi connectivity index (χ0) is 19.9. The first-order valence-corrected chi connectivity index (χ1v) is 9.42. The Bertz CT molecular complexity index is 878. The third kappa shape index (κ3) is 2.19. The first-order valence-electron chi connectivity index (χ1n) is 9.04. The first-order chi connectivity index (χ1) is 12.5. The van der Waals surface area contributed by atoms with E-state index in [4.69, 9.17) is 11.6 Å². The van der Waals surface area contributed by atoms with Crippen LogP contribution in [0, 0.1) is 11.8 Å². The van der Waals surface area contributed by atoms with Gasteiger partial charge in [0.15, 0.2) is 0 Å². The number of rotatable bonds is 1. The van der Waals surface area contributed by atoms with Crippen molar-refractivity contribution in [3.8, 4) is 0 Å². The van der Waals surface area contributed by atoms with Crippen molar-refractivity contribution in [2.24, 2.45) is 11.8 Å². The quantitative estimate of drug-likeness (QED) is 0.594. The maximum Gasteiger partial charge on any atom is 0.291 e. The van der Waals surface area contributed by atoms with E-state index >= 15 is 0 Å². The average molecular weight is 393 g/mol. The van der Waals surface area contributed by atoms with Crippen molar-refractivity contribution in [2.45, 2.75) is 50.9 Å². The molecule has 0 unspecified atom stereocenters. The summed E-state index contributed by atoms with van der Waals surface area (Å²) in [6.45, 7) is 6.95. The van der Waals surface area contributed by atoms with Crippen LogP contribution in [0.3, 0.4) is 0 Å². The second-order valence-corrected chi connectivity index (χ2v) is 9.06. The number of fused-ring (bicyclic) bond motifs is 4. The van der Waals surface area contributed by atoms with Crippen LogP contribution in [0.1, 0.15) is 33.3 Å². The van der Waals surface area contributed by atoms with E-state index in [2.05, 4.69) is 5.32 Å². The number of amides is 3. The van der Waals surface area contributed by atoms with E-state index in [0.717, 1.165) is 0 Å². The van der Waals surface area contributed by atoms with E-state index in [-0.39, 0.29) is 17.7 Å². The summed E-state index contributed by atoms with van der Waals surface area (Å²) in [6.07, 6.45) is -0.871. The molecule has 1 aromatic rings. The molecule has 0 saturated carbocycles. The number of nitrogens with zero attached hydrogens (tertiary/aromatic N) is 1. The highest BCUT2D eigenvalue weighted by Gasteiger charge is 2.75. The predicted octanol–water partition coefficient (Wildman–Crippen LogP) is 0.213. The standard InChI is InChI=1S/C19H22ClN3O4/c1-8(24)13-11-12(16(26)23(15(11)25)18(2,3)4)19(22-13)9-6-5-7-10(20)14(9)21-17(19)27/h5-8,11-13,22,24H,1-4H3,(H,21,27)/p+1/t8-,11+,12+,13-,19+/m1/s1. The summed E-state index contributed by atoms with van der Waals surface area (Å²) in [4.78, 5) is 41.0. The van der Waals surface area contributed by atoms with Crippen molar-refractivity contribution in [3.05, 3.63) is 28.8 Å². The normalized spacial score (nSPS) is 33.5. The van der Waals surface area contributed by atoms with Gasteiger partial charge in [0, 0.05) is 11.1 Å². The summed E-state index contributed by atoms with van der Waals surface area (Å²) in [6, 6.07) is 4.55. The molecule has 0 radical (unpaired) electrons. The molecule has 2 saturated heterocycles. The third-order valence-electron chi connectivity index (χ3n) is 6.01. The molecule has 4 rings (SSSR count). The first kappa shape index (κ1) is 18.4. The number of benzene rings is 1. The lowest BCUT2D eigenvalue weighted by molar-refractivity contribution is -0.738. The van der Waals surface area contributed by atoms with Gasteiger partial charge >= 0.3 is 0 Å². The van der Waals surface area contributed by atoms with Gasteiger partial charge in [-0.3, -0.25) is 19.3 Å². The Morgan fingerprint density at radius 2 is 1.93 bits per heavy atom. The number of carbonyl (C=O) groups is 3. The zero-order valence-corrected chi connectivity index (χ0v) is 16.4. The van der Waals surface area contributed by atoms with Crippen LogP contribution in [0.5, 0.6) is 0 Å². The van der Waals surface area contributed by atoms with Crippen LogP contribution in [0.25, 0.3) is 0 Å². The lowest BCUT2D eigenvalue weighted by atomic mass is 9.76. The minimum atomic E-state index is -1.31. The number of nitrogens with two attached hydrogens (primary N) is 1. The number of quaternary nitrogens is 1. The Balaban J connectivity index is 1.95. The largest absolute Gasteiger partial charge is 0.387 e. The Labute approximate surface area is 162 Å². The topological polar surface area (TPSA) is 103 Å². The maximum atomic E-state index is 13.4. The summed E-state index contributed by atoms with van der Waals surface area (Å²) >= 11 is 6.26.